The molecular weight excluding hydrogens is 228 g/mol. The van der Waals surface area contributed by atoms with Crippen molar-refractivity contribution < 1.29 is 9.53 Å². The Bertz CT molecular complexity index is 314. The number of nitrogens with two attached hydrogens (primary N) is 1. The fourth-order valence-electron chi connectivity index (χ4n) is 1.15. The summed E-state index contributed by atoms with van der Waals surface area (Å²) >= 11 is 0. The number of ether oxygens (including phenoxy) is 1. The summed E-state index contributed by atoms with van der Waals surface area (Å²) in [5.74, 6) is 0.666. The highest BCUT2D eigenvalue weighted by Crippen LogP contribution is 2.10. The van der Waals surface area contributed by atoms with Gasteiger partial charge >= 0.3 is 0 Å². The van der Waals surface area contributed by atoms with Gasteiger partial charge in [-0.25, -0.2) is 0 Å². The fraction of sp³-hybridized carbons (Fsp3) is 0.364. The van der Waals surface area contributed by atoms with Crippen molar-refractivity contribution in [1.29, 1.82) is 0 Å². The summed E-state index contributed by atoms with van der Waals surface area (Å²) in [4.78, 5) is 11.5. The van der Waals surface area contributed by atoms with Gasteiger partial charge in [0, 0.05) is 12.1 Å². The predicted molar refractivity (Wildman–Crippen MR) is 66.2 cm³/mol. The van der Waals surface area contributed by atoms with Gasteiger partial charge < -0.3 is 15.8 Å². The molecule has 0 aromatic heterocycles. The van der Waals surface area contributed by atoms with Gasteiger partial charge in [0.25, 0.3) is 5.91 Å². The number of carbonyl (C=O) groups excluding carboxylic acids is 1. The predicted octanol–water partition coefficient (Wildman–Crippen LogP) is 1.20. The monoisotopic (exact) mass is 244 g/mol. The van der Waals surface area contributed by atoms with Crippen LogP contribution in [0.25, 0.3) is 0 Å². The van der Waals surface area contributed by atoms with E-state index in [0.717, 1.165) is 12.2 Å². The minimum absolute atomic E-state index is 0. The highest BCUT2D eigenvalue weighted by molar-refractivity contribution is 5.94. The Morgan fingerprint density at radius 2 is 2.00 bits per heavy atom. The summed E-state index contributed by atoms with van der Waals surface area (Å²) in [6.45, 7) is 1.20. The van der Waals surface area contributed by atoms with Crippen molar-refractivity contribution in [2.45, 2.75) is 6.42 Å². The molecule has 0 aliphatic rings. The highest BCUT2D eigenvalue weighted by atomic mass is 35.5. The van der Waals surface area contributed by atoms with Gasteiger partial charge in [-0.05, 0) is 37.2 Å². The van der Waals surface area contributed by atoms with Crippen molar-refractivity contribution in [2.24, 2.45) is 5.73 Å². The Kier molecular flexibility index (Phi) is 7.33. The van der Waals surface area contributed by atoms with Gasteiger partial charge in [0.1, 0.15) is 5.75 Å². The molecular formula is C11H17ClN2O2. The summed E-state index contributed by atoms with van der Waals surface area (Å²) in [6.07, 6.45) is 0.794. The zero-order chi connectivity index (χ0) is 11.1. The molecule has 3 N–H and O–H groups in total. The van der Waals surface area contributed by atoms with Crippen molar-refractivity contribution in [3.63, 3.8) is 0 Å². The minimum atomic E-state index is -0.0777. The average Bonchev–Trinajstić information content (AvgIpc) is 2.29. The van der Waals surface area contributed by atoms with Crippen molar-refractivity contribution in [3.8, 4) is 5.75 Å². The van der Waals surface area contributed by atoms with Gasteiger partial charge in [-0.2, -0.15) is 0 Å². The second-order valence-corrected chi connectivity index (χ2v) is 3.13. The van der Waals surface area contributed by atoms with Gasteiger partial charge in [0.05, 0.1) is 7.11 Å². The minimum Gasteiger partial charge on any atom is -0.497 e. The quantitative estimate of drug-likeness (QED) is 0.765. The smallest absolute Gasteiger partial charge is 0.251 e. The molecule has 0 saturated heterocycles. The number of halogens is 1. The molecule has 16 heavy (non-hydrogen) atoms. The Labute approximate surface area is 102 Å². The molecule has 1 amide bonds. The SMILES string of the molecule is COc1ccc(C(=O)NCCCN)cc1.Cl. The van der Waals surface area contributed by atoms with Gasteiger partial charge in [0.2, 0.25) is 0 Å². The molecule has 0 unspecified atom stereocenters. The van der Waals surface area contributed by atoms with E-state index in [1.54, 1.807) is 31.4 Å². The Balaban J connectivity index is 0.00000225. The number of benzene rings is 1. The summed E-state index contributed by atoms with van der Waals surface area (Å²) in [7, 11) is 1.59. The first kappa shape index (κ1) is 14.7. The van der Waals surface area contributed by atoms with Crippen LogP contribution in [0.15, 0.2) is 24.3 Å². The second kappa shape index (κ2) is 7.96. The van der Waals surface area contributed by atoms with Crippen LogP contribution in [0.5, 0.6) is 5.75 Å². The molecule has 0 aliphatic heterocycles. The third kappa shape index (κ3) is 4.51. The zero-order valence-electron chi connectivity index (χ0n) is 9.23. The summed E-state index contributed by atoms with van der Waals surface area (Å²) in [5, 5.41) is 2.78. The Morgan fingerprint density at radius 1 is 1.38 bits per heavy atom. The maximum absolute atomic E-state index is 11.5. The van der Waals surface area contributed by atoms with Crippen molar-refractivity contribution in [2.75, 3.05) is 20.2 Å². The number of hydrogen-bond acceptors (Lipinski definition) is 3. The first-order valence-electron chi connectivity index (χ1n) is 4.90. The van der Waals surface area contributed by atoms with Gasteiger partial charge in [-0.1, -0.05) is 0 Å². The molecule has 0 saturated carbocycles. The van der Waals surface area contributed by atoms with Crippen molar-refractivity contribution in [1.82, 2.24) is 5.32 Å². The number of amides is 1. The summed E-state index contributed by atoms with van der Waals surface area (Å²) in [5.41, 5.74) is 5.96. The maximum atomic E-state index is 11.5. The number of methoxy groups -OCH3 is 1. The first-order valence-corrected chi connectivity index (χ1v) is 4.90. The Hall–Kier alpha value is -1.26. The molecule has 0 aliphatic carbocycles. The molecule has 0 heterocycles. The Morgan fingerprint density at radius 3 is 2.50 bits per heavy atom. The van der Waals surface area contributed by atoms with Crippen LogP contribution >= 0.6 is 12.4 Å². The maximum Gasteiger partial charge on any atom is 0.251 e. The standard InChI is InChI=1S/C11H16N2O2.ClH/c1-15-10-5-3-9(4-6-10)11(14)13-8-2-7-12;/h3-6H,2,7-8,12H2,1H3,(H,13,14);1H. The van der Waals surface area contributed by atoms with Crippen LogP contribution in [0, 0.1) is 0 Å². The van der Waals surface area contributed by atoms with E-state index in [-0.39, 0.29) is 18.3 Å². The fourth-order valence-corrected chi connectivity index (χ4v) is 1.15. The molecule has 4 nitrogen and oxygen atoms in total. The van der Waals surface area contributed by atoms with E-state index < -0.39 is 0 Å². The molecule has 0 atom stereocenters. The molecule has 0 fully saturated rings. The number of nitrogens with one attached hydrogen (secondary N) is 1. The molecule has 5 heteroatoms. The lowest BCUT2D eigenvalue weighted by molar-refractivity contribution is 0.0953. The summed E-state index contributed by atoms with van der Waals surface area (Å²) < 4.78 is 5.00. The van der Waals surface area contributed by atoms with E-state index in [2.05, 4.69) is 5.32 Å². The summed E-state index contributed by atoms with van der Waals surface area (Å²) in [6, 6.07) is 6.99. The van der Waals surface area contributed by atoms with Crippen LogP contribution in [0.1, 0.15) is 16.8 Å². The van der Waals surface area contributed by atoms with Gasteiger partial charge in [-0.15, -0.1) is 12.4 Å². The lowest BCUT2D eigenvalue weighted by Gasteiger charge is -2.04. The molecule has 1 aromatic carbocycles. The van der Waals surface area contributed by atoms with Crippen LogP contribution in [-0.4, -0.2) is 26.1 Å². The molecule has 0 bridgehead atoms. The average molecular weight is 245 g/mol. The van der Waals surface area contributed by atoms with E-state index in [1.165, 1.54) is 0 Å². The van der Waals surface area contributed by atoms with Crippen molar-refractivity contribution in [3.05, 3.63) is 29.8 Å². The van der Waals surface area contributed by atoms with Crippen LogP contribution in [0.4, 0.5) is 0 Å². The van der Waals surface area contributed by atoms with Crippen LogP contribution < -0.4 is 15.8 Å². The first-order chi connectivity index (χ1) is 7.27. The van der Waals surface area contributed by atoms with E-state index in [4.69, 9.17) is 10.5 Å². The van der Waals surface area contributed by atoms with E-state index in [0.29, 0.717) is 18.7 Å². The van der Waals surface area contributed by atoms with Gasteiger partial charge in [0.15, 0.2) is 0 Å². The number of carbonyl (C=O) groups is 1. The lowest BCUT2D eigenvalue weighted by Crippen LogP contribution is -2.25. The zero-order valence-corrected chi connectivity index (χ0v) is 10.0. The van der Waals surface area contributed by atoms with Crippen molar-refractivity contribution >= 4 is 18.3 Å². The third-order valence-corrected chi connectivity index (χ3v) is 2.02. The van der Waals surface area contributed by atoms with Crippen LogP contribution in [0.2, 0.25) is 0 Å². The van der Waals surface area contributed by atoms with Crippen LogP contribution in [-0.2, 0) is 0 Å². The molecule has 0 spiro atoms. The van der Waals surface area contributed by atoms with Crippen LogP contribution in [0.3, 0.4) is 0 Å². The molecule has 0 radical (unpaired) electrons. The topological polar surface area (TPSA) is 64.3 Å². The van der Waals surface area contributed by atoms with Gasteiger partial charge in [-0.3, -0.25) is 4.79 Å². The highest BCUT2D eigenvalue weighted by Gasteiger charge is 2.03. The second-order valence-electron chi connectivity index (χ2n) is 3.13. The molecule has 1 rings (SSSR count). The third-order valence-electron chi connectivity index (χ3n) is 2.02. The van der Waals surface area contributed by atoms with E-state index >= 15 is 0 Å². The normalized spacial score (nSPS) is 9.12. The number of hydrogen-bond donors (Lipinski definition) is 2. The lowest BCUT2D eigenvalue weighted by atomic mass is 10.2. The molecule has 1 aromatic rings. The molecule has 90 valence electrons. The van der Waals surface area contributed by atoms with E-state index in [1.807, 2.05) is 0 Å². The number of rotatable bonds is 5. The largest absolute Gasteiger partial charge is 0.497 e. The van der Waals surface area contributed by atoms with E-state index in [9.17, 15) is 4.79 Å².